The van der Waals surface area contributed by atoms with Crippen LogP contribution in [0.3, 0.4) is 0 Å². The number of rotatable bonds is 6. The van der Waals surface area contributed by atoms with E-state index in [1.54, 1.807) is 4.68 Å². The van der Waals surface area contributed by atoms with Gasteiger partial charge in [-0.1, -0.05) is 5.16 Å². The topological polar surface area (TPSA) is 85.0 Å². The van der Waals surface area contributed by atoms with Gasteiger partial charge in [-0.25, -0.2) is 0 Å². The van der Waals surface area contributed by atoms with E-state index in [9.17, 15) is 4.79 Å². The molecule has 0 bridgehead atoms. The number of hydrogen-bond acceptors (Lipinski definition) is 5. The number of hydrogen-bond donors (Lipinski definition) is 2. The summed E-state index contributed by atoms with van der Waals surface area (Å²) in [6, 6.07) is 3.96. The average molecular weight is 366 g/mol. The van der Waals surface area contributed by atoms with Crippen molar-refractivity contribution in [2.24, 2.45) is 0 Å². The predicted octanol–water partition coefficient (Wildman–Crippen LogP) is 1.95. The number of nitrogens with zero attached hydrogens (tertiary/aromatic N) is 3. The highest BCUT2D eigenvalue weighted by Crippen LogP contribution is 2.40. The summed E-state index contributed by atoms with van der Waals surface area (Å²) >= 11 is 0. The van der Waals surface area contributed by atoms with Crippen molar-refractivity contribution in [1.29, 1.82) is 0 Å². The fraction of sp³-hybridized carbons (Fsp3) is 0.588. The third-order valence-corrected chi connectivity index (χ3v) is 4.71. The minimum atomic E-state index is -0.0672. The van der Waals surface area contributed by atoms with Gasteiger partial charge < -0.3 is 15.2 Å². The Kier molecular flexibility index (Phi) is 5.75. The number of amides is 1. The van der Waals surface area contributed by atoms with Gasteiger partial charge in [0.15, 0.2) is 0 Å². The number of nitrogens with one attached hydrogen (secondary N) is 2. The zero-order chi connectivity index (χ0) is 16.4. The van der Waals surface area contributed by atoms with Gasteiger partial charge in [-0.3, -0.25) is 9.48 Å². The highest BCUT2D eigenvalue weighted by Gasteiger charge is 2.27. The second kappa shape index (κ2) is 8.01. The van der Waals surface area contributed by atoms with Crippen LogP contribution in [0.4, 0.5) is 0 Å². The molecule has 0 spiro atoms. The van der Waals surface area contributed by atoms with Crippen molar-refractivity contribution in [1.82, 2.24) is 25.6 Å². The summed E-state index contributed by atoms with van der Waals surface area (Å²) < 4.78 is 6.99. The minimum Gasteiger partial charge on any atom is -0.361 e. The summed E-state index contributed by atoms with van der Waals surface area (Å²) in [6.45, 7) is 2.69. The highest BCUT2D eigenvalue weighted by molar-refractivity contribution is 5.85. The molecular formula is C17H24ClN5O2. The van der Waals surface area contributed by atoms with Crippen molar-refractivity contribution in [3.05, 3.63) is 35.5 Å². The number of carbonyl (C=O) groups is 1. The molecule has 4 rings (SSSR count). The standard InChI is InChI=1S/C17H23N5O2.ClH/c23-17(19-10-14-8-16(24-21-14)12-3-4-12)11-22-7-5-15(20-22)13-2-1-6-18-9-13;/h5,7-8,12-13,18H,1-4,6,9-11H2,(H,19,23);1H. The molecule has 8 heteroatoms. The van der Waals surface area contributed by atoms with E-state index in [0.717, 1.165) is 36.7 Å². The fourth-order valence-corrected chi connectivity index (χ4v) is 3.15. The van der Waals surface area contributed by atoms with E-state index in [1.165, 1.54) is 19.3 Å². The van der Waals surface area contributed by atoms with Crippen LogP contribution in [0, 0.1) is 0 Å². The first-order valence-corrected chi connectivity index (χ1v) is 8.74. The smallest absolute Gasteiger partial charge is 0.242 e. The molecule has 3 heterocycles. The van der Waals surface area contributed by atoms with Gasteiger partial charge in [0.25, 0.3) is 0 Å². The summed E-state index contributed by atoms with van der Waals surface area (Å²) in [5.74, 6) is 1.87. The minimum absolute atomic E-state index is 0. The predicted molar refractivity (Wildman–Crippen MR) is 94.6 cm³/mol. The molecule has 2 aliphatic rings. The lowest BCUT2D eigenvalue weighted by Crippen LogP contribution is -2.29. The zero-order valence-corrected chi connectivity index (χ0v) is 14.9. The lowest BCUT2D eigenvalue weighted by molar-refractivity contribution is -0.122. The Bertz CT molecular complexity index is 703. The maximum Gasteiger partial charge on any atom is 0.242 e. The van der Waals surface area contributed by atoms with Gasteiger partial charge in [-0.15, -0.1) is 12.4 Å². The van der Waals surface area contributed by atoms with Gasteiger partial charge in [-0.05, 0) is 38.3 Å². The van der Waals surface area contributed by atoms with Gasteiger partial charge >= 0.3 is 0 Å². The molecule has 1 amide bonds. The van der Waals surface area contributed by atoms with Crippen LogP contribution in [-0.2, 0) is 17.9 Å². The molecular weight excluding hydrogens is 342 g/mol. The fourth-order valence-electron chi connectivity index (χ4n) is 3.15. The lowest BCUT2D eigenvalue weighted by Gasteiger charge is -2.20. The van der Waals surface area contributed by atoms with E-state index in [-0.39, 0.29) is 24.9 Å². The van der Waals surface area contributed by atoms with Crippen molar-refractivity contribution >= 4 is 18.3 Å². The third kappa shape index (κ3) is 4.61. The van der Waals surface area contributed by atoms with Crippen molar-refractivity contribution in [2.75, 3.05) is 13.1 Å². The van der Waals surface area contributed by atoms with E-state index in [2.05, 4.69) is 20.9 Å². The Balaban J connectivity index is 0.00000182. The normalized spacial score (nSPS) is 20.1. The average Bonchev–Trinajstić information content (AvgIpc) is 3.17. The molecule has 25 heavy (non-hydrogen) atoms. The first kappa shape index (κ1) is 17.9. The Morgan fingerprint density at radius 1 is 1.36 bits per heavy atom. The number of piperidine rings is 1. The van der Waals surface area contributed by atoms with Gasteiger partial charge in [0.1, 0.15) is 18.0 Å². The van der Waals surface area contributed by atoms with Gasteiger partial charge in [0, 0.05) is 30.6 Å². The van der Waals surface area contributed by atoms with Crippen LogP contribution < -0.4 is 10.6 Å². The maximum atomic E-state index is 12.1. The van der Waals surface area contributed by atoms with E-state index in [1.807, 2.05) is 18.3 Å². The van der Waals surface area contributed by atoms with E-state index < -0.39 is 0 Å². The van der Waals surface area contributed by atoms with Gasteiger partial charge in [0.05, 0.1) is 12.2 Å². The SMILES string of the molecule is Cl.O=C(Cn1ccc(C2CCCNC2)n1)NCc1cc(C2CC2)on1. The Morgan fingerprint density at radius 2 is 2.24 bits per heavy atom. The molecule has 2 fully saturated rings. The van der Waals surface area contributed by atoms with E-state index >= 15 is 0 Å². The summed E-state index contributed by atoms with van der Waals surface area (Å²) in [4.78, 5) is 12.1. The molecule has 2 aromatic heterocycles. The number of halogens is 1. The van der Waals surface area contributed by atoms with Crippen LogP contribution in [0.2, 0.25) is 0 Å². The highest BCUT2D eigenvalue weighted by atomic mass is 35.5. The Morgan fingerprint density at radius 3 is 3.00 bits per heavy atom. The van der Waals surface area contributed by atoms with Crippen LogP contribution in [0.1, 0.15) is 54.7 Å². The monoisotopic (exact) mass is 365 g/mol. The summed E-state index contributed by atoms with van der Waals surface area (Å²) in [5, 5.41) is 14.8. The largest absolute Gasteiger partial charge is 0.361 e. The molecule has 1 unspecified atom stereocenters. The van der Waals surface area contributed by atoms with Crippen LogP contribution >= 0.6 is 12.4 Å². The van der Waals surface area contributed by atoms with Crippen molar-refractivity contribution < 1.29 is 9.32 Å². The molecule has 0 aromatic carbocycles. The first-order chi connectivity index (χ1) is 11.8. The molecule has 0 radical (unpaired) electrons. The molecule has 1 saturated carbocycles. The number of aromatic nitrogens is 3. The molecule has 7 nitrogen and oxygen atoms in total. The maximum absolute atomic E-state index is 12.1. The van der Waals surface area contributed by atoms with Crippen LogP contribution in [0.5, 0.6) is 0 Å². The van der Waals surface area contributed by atoms with Crippen LogP contribution in [0.25, 0.3) is 0 Å². The molecule has 2 aromatic rings. The van der Waals surface area contributed by atoms with Crippen molar-refractivity contribution in [3.8, 4) is 0 Å². The zero-order valence-electron chi connectivity index (χ0n) is 14.1. The molecule has 1 aliphatic heterocycles. The molecule has 2 N–H and O–H groups in total. The molecule has 1 saturated heterocycles. The van der Waals surface area contributed by atoms with Crippen molar-refractivity contribution in [3.63, 3.8) is 0 Å². The molecule has 136 valence electrons. The summed E-state index contributed by atoms with van der Waals surface area (Å²) in [6.07, 6.45) is 6.58. The Labute approximate surface area is 152 Å². The first-order valence-electron chi connectivity index (χ1n) is 8.74. The van der Waals surface area contributed by atoms with E-state index in [0.29, 0.717) is 18.4 Å². The van der Waals surface area contributed by atoms with Crippen LogP contribution in [-0.4, -0.2) is 33.9 Å². The summed E-state index contributed by atoms with van der Waals surface area (Å²) in [7, 11) is 0. The molecule has 1 atom stereocenters. The second-order valence-corrected chi connectivity index (χ2v) is 6.75. The third-order valence-electron chi connectivity index (χ3n) is 4.71. The van der Waals surface area contributed by atoms with Gasteiger partial charge in [0.2, 0.25) is 5.91 Å². The van der Waals surface area contributed by atoms with Gasteiger partial charge in [-0.2, -0.15) is 5.10 Å². The number of carbonyl (C=O) groups excluding carboxylic acids is 1. The lowest BCUT2D eigenvalue weighted by atomic mass is 9.97. The van der Waals surface area contributed by atoms with Crippen LogP contribution in [0.15, 0.2) is 22.9 Å². The Hall–Kier alpha value is -1.86. The quantitative estimate of drug-likeness (QED) is 0.817. The second-order valence-electron chi connectivity index (χ2n) is 6.75. The van der Waals surface area contributed by atoms with E-state index in [4.69, 9.17) is 4.52 Å². The molecule has 1 aliphatic carbocycles. The van der Waals surface area contributed by atoms with Crippen molar-refractivity contribution in [2.45, 2.75) is 50.6 Å². The summed E-state index contributed by atoms with van der Waals surface area (Å²) in [5.41, 5.74) is 1.85.